The van der Waals surface area contributed by atoms with Gasteiger partial charge in [-0.3, -0.25) is 19.8 Å². The van der Waals surface area contributed by atoms with E-state index in [1.807, 2.05) is 31.2 Å². The Bertz CT molecular complexity index is 1290. The van der Waals surface area contributed by atoms with Crippen LogP contribution in [0.15, 0.2) is 65.7 Å². The monoisotopic (exact) mass is 479 g/mol. The van der Waals surface area contributed by atoms with Crippen molar-refractivity contribution in [2.45, 2.75) is 6.92 Å². The second-order valence-corrected chi connectivity index (χ2v) is 8.63. The third kappa shape index (κ3) is 4.71. The number of rotatable bonds is 6. The summed E-state index contributed by atoms with van der Waals surface area (Å²) in [7, 11) is 1.45. The molecule has 0 radical (unpaired) electrons. The molecule has 1 saturated heterocycles. The molecular formula is C23H17N3O5S2. The van der Waals surface area contributed by atoms with Crippen LogP contribution in [0.25, 0.3) is 6.08 Å². The SMILES string of the molecule is COc1cc(/C=C2/SC(=S)N(c3ccc(C)cc3)C2=O)ccc1Oc1ncccc1[N+](=O)[O-]. The minimum absolute atomic E-state index is 0.146. The highest BCUT2D eigenvalue weighted by atomic mass is 32.2. The maximum atomic E-state index is 13.0. The number of thiocarbonyl (C=S) groups is 1. The number of ether oxygens (including phenoxy) is 2. The molecule has 0 aliphatic carbocycles. The first kappa shape index (κ1) is 22.4. The molecule has 33 heavy (non-hydrogen) atoms. The number of thioether (sulfide) groups is 1. The highest BCUT2D eigenvalue weighted by Crippen LogP contribution is 2.38. The summed E-state index contributed by atoms with van der Waals surface area (Å²) in [6, 6.07) is 15.3. The van der Waals surface area contributed by atoms with Crippen molar-refractivity contribution >= 4 is 51.7 Å². The number of pyridine rings is 1. The van der Waals surface area contributed by atoms with E-state index in [1.54, 1.807) is 24.3 Å². The van der Waals surface area contributed by atoms with E-state index in [9.17, 15) is 14.9 Å². The highest BCUT2D eigenvalue weighted by Gasteiger charge is 2.33. The molecule has 1 fully saturated rings. The largest absolute Gasteiger partial charge is 0.493 e. The average Bonchev–Trinajstić information content (AvgIpc) is 3.08. The Balaban J connectivity index is 1.61. The molecular weight excluding hydrogens is 462 g/mol. The summed E-state index contributed by atoms with van der Waals surface area (Å²) in [4.78, 5) is 29.5. The number of carbonyl (C=O) groups is 1. The van der Waals surface area contributed by atoms with Gasteiger partial charge in [-0.15, -0.1) is 0 Å². The molecule has 2 heterocycles. The van der Waals surface area contributed by atoms with E-state index in [1.165, 1.54) is 42.1 Å². The van der Waals surface area contributed by atoms with E-state index in [2.05, 4.69) is 4.98 Å². The number of benzene rings is 2. The molecule has 0 spiro atoms. The Morgan fingerprint density at radius 1 is 1.15 bits per heavy atom. The molecule has 1 aliphatic heterocycles. The van der Waals surface area contributed by atoms with Gasteiger partial charge in [0, 0.05) is 12.3 Å². The number of methoxy groups -OCH3 is 1. The molecule has 166 valence electrons. The van der Waals surface area contributed by atoms with E-state index >= 15 is 0 Å². The van der Waals surface area contributed by atoms with Crippen LogP contribution in [-0.2, 0) is 4.79 Å². The zero-order chi connectivity index (χ0) is 23.5. The van der Waals surface area contributed by atoms with Crippen molar-refractivity contribution in [3.8, 4) is 17.4 Å². The first-order chi connectivity index (χ1) is 15.9. The molecule has 1 aliphatic rings. The zero-order valence-corrected chi connectivity index (χ0v) is 19.2. The third-order valence-electron chi connectivity index (χ3n) is 4.73. The Morgan fingerprint density at radius 2 is 1.91 bits per heavy atom. The fourth-order valence-corrected chi connectivity index (χ4v) is 4.40. The van der Waals surface area contributed by atoms with Crippen LogP contribution in [0, 0.1) is 17.0 Å². The molecule has 0 atom stereocenters. The van der Waals surface area contributed by atoms with Gasteiger partial charge in [0.1, 0.15) is 0 Å². The molecule has 0 saturated carbocycles. The number of aromatic nitrogens is 1. The number of carbonyl (C=O) groups excluding carboxylic acids is 1. The van der Waals surface area contributed by atoms with Gasteiger partial charge in [-0.05, 0) is 48.9 Å². The van der Waals surface area contributed by atoms with Crippen molar-refractivity contribution in [1.82, 2.24) is 4.98 Å². The van der Waals surface area contributed by atoms with Gasteiger partial charge in [0.25, 0.3) is 11.8 Å². The lowest BCUT2D eigenvalue weighted by Crippen LogP contribution is -2.27. The van der Waals surface area contributed by atoms with Gasteiger partial charge in [-0.1, -0.05) is 47.7 Å². The van der Waals surface area contributed by atoms with E-state index in [0.29, 0.717) is 26.2 Å². The first-order valence-electron chi connectivity index (χ1n) is 9.67. The van der Waals surface area contributed by atoms with Crippen LogP contribution >= 0.6 is 24.0 Å². The van der Waals surface area contributed by atoms with E-state index in [0.717, 1.165) is 5.56 Å². The second kappa shape index (κ2) is 9.39. The third-order valence-corrected chi connectivity index (χ3v) is 6.03. The van der Waals surface area contributed by atoms with E-state index in [-0.39, 0.29) is 23.2 Å². The zero-order valence-electron chi connectivity index (χ0n) is 17.6. The van der Waals surface area contributed by atoms with Crippen LogP contribution in [0.5, 0.6) is 17.4 Å². The Labute approximate surface area is 199 Å². The molecule has 0 bridgehead atoms. The van der Waals surface area contributed by atoms with Crippen molar-refractivity contribution in [3.63, 3.8) is 0 Å². The van der Waals surface area contributed by atoms with Crippen LogP contribution in [0.2, 0.25) is 0 Å². The molecule has 3 aromatic rings. The Kier molecular flexibility index (Phi) is 6.38. The summed E-state index contributed by atoms with van der Waals surface area (Å²) in [5, 5.41) is 11.2. The number of aryl methyl sites for hydroxylation is 1. The van der Waals surface area contributed by atoms with Gasteiger partial charge < -0.3 is 9.47 Å². The normalized spacial score (nSPS) is 14.6. The fraction of sp³-hybridized carbons (Fsp3) is 0.0870. The van der Waals surface area contributed by atoms with Gasteiger partial charge in [-0.25, -0.2) is 4.98 Å². The summed E-state index contributed by atoms with van der Waals surface area (Å²) in [6.07, 6.45) is 3.11. The summed E-state index contributed by atoms with van der Waals surface area (Å²) >= 11 is 6.63. The lowest BCUT2D eigenvalue weighted by Gasteiger charge is -2.14. The number of nitro groups is 1. The molecule has 0 N–H and O–H groups in total. The first-order valence-corrected chi connectivity index (χ1v) is 10.9. The molecule has 4 rings (SSSR count). The number of amides is 1. The second-order valence-electron chi connectivity index (χ2n) is 6.95. The maximum Gasteiger partial charge on any atom is 0.331 e. The molecule has 1 amide bonds. The quantitative estimate of drug-likeness (QED) is 0.198. The van der Waals surface area contributed by atoms with Gasteiger partial charge >= 0.3 is 5.69 Å². The smallest absolute Gasteiger partial charge is 0.331 e. The summed E-state index contributed by atoms with van der Waals surface area (Å²) in [5.74, 6) is 0.228. The van der Waals surface area contributed by atoms with Crippen LogP contribution in [-0.4, -0.2) is 27.2 Å². The molecule has 1 aromatic heterocycles. The van der Waals surface area contributed by atoms with Crippen LogP contribution in [0.4, 0.5) is 11.4 Å². The maximum absolute atomic E-state index is 13.0. The Hall–Kier alpha value is -3.76. The van der Waals surface area contributed by atoms with Gasteiger partial charge in [-0.2, -0.15) is 0 Å². The standard InChI is InChI=1S/C23H17N3O5S2/c1-14-5-8-16(9-6-14)25-22(27)20(33-23(25)32)13-15-7-10-18(19(12-15)30-2)31-21-17(26(28)29)4-3-11-24-21/h3-13H,1-2H3/b20-13+. The lowest BCUT2D eigenvalue weighted by molar-refractivity contribution is -0.386. The van der Waals surface area contributed by atoms with Crippen molar-refractivity contribution in [1.29, 1.82) is 0 Å². The van der Waals surface area contributed by atoms with Gasteiger partial charge in [0.05, 0.1) is 22.6 Å². The highest BCUT2D eigenvalue weighted by molar-refractivity contribution is 8.27. The molecule has 0 unspecified atom stereocenters. The van der Waals surface area contributed by atoms with Crippen LogP contribution in [0.3, 0.4) is 0 Å². The van der Waals surface area contributed by atoms with Crippen molar-refractivity contribution in [3.05, 3.63) is 86.9 Å². The van der Waals surface area contributed by atoms with E-state index in [4.69, 9.17) is 21.7 Å². The summed E-state index contributed by atoms with van der Waals surface area (Å²) in [6.45, 7) is 1.97. The topological polar surface area (TPSA) is 94.8 Å². The van der Waals surface area contributed by atoms with Crippen molar-refractivity contribution < 1.29 is 19.2 Å². The number of hydrogen-bond acceptors (Lipinski definition) is 8. The van der Waals surface area contributed by atoms with Crippen molar-refractivity contribution in [2.24, 2.45) is 0 Å². The number of hydrogen-bond donors (Lipinski definition) is 0. The number of nitrogens with zero attached hydrogens (tertiary/aromatic N) is 3. The van der Waals surface area contributed by atoms with E-state index < -0.39 is 4.92 Å². The summed E-state index contributed by atoms with van der Waals surface area (Å²) in [5.41, 5.74) is 2.22. The molecule has 2 aromatic carbocycles. The fourth-order valence-electron chi connectivity index (χ4n) is 3.10. The van der Waals surface area contributed by atoms with Crippen LogP contribution < -0.4 is 14.4 Å². The number of anilines is 1. The minimum atomic E-state index is -0.570. The Morgan fingerprint density at radius 3 is 2.61 bits per heavy atom. The lowest BCUT2D eigenvalue weighted by atomic mass is 10.1. The minimum Gasteiger partial charge on any atom is -0.493 e. The summed E-state index contributed by atoms with van der Waals surface area (Å²) < 4.78 is 11.5. The molecule has 10 heteroatoms. The predicted octanol–water partition coefficient (Wildman–Crippen LogP) is 5.50. The van der Waals surface area contributed by atoms with Gasteiger partial charge in [0.2, 0.25) is 0 Å². The predicted molar refractivity (Wildman–Crippen MR) is 131 cm³/mol. The molecule has 8 nitrogen and oxygen atoms in total. The average molecular weight is 480 g/mol. The van der Waals surface area contributed by atoms with Crippen molar-refractivity contribution in [2.75, 3.05) is 12.0 Å². The van der Waals surface area contributed by atoms with Gasteiger partial charge in [0.15, 0.2) is 15.8 Å². The van der Waals surface area contributed by atoms with Crippen LogP contribution in [0.1, 0.15) is 11.1 Å².